The lowest BCUT2D eigenvalue weighted by Gasteiger charge is -2.29. The number of amides is 2. The first-order valence-electron chi connectivity index (χ1n) is 10.3. The van der Waals surface area contributed by atoms with E-state index in [4.69, 9.17) is 9.47 Å². The van der Waals surface area contributed by atoms with Gasteiger partial charge in [0, 0.05) is 18.7 Å². The summed E-state index contributed by atoms with van der Waals surface area (Å²) >= 11 is 0. The zero-order valence-electron chi connectivity index (χ0n) is 17.3. The van der Waals surface area contributed by atoms with Crippen LogP contribution in [-0.2, 0) is 20.7 Å². The number of halogens is 1. The van der Waals surface area contributed by atoms with E-state index in [9.17, 15) is 24.2 Å². The Hall–Kier alpha value is -3.53. The molecule has 0 aliphatic carbocycles. The van der Waals surface area contributed by atoms with Crippen molar-refractivity contribution < 1.29 is 33.7 Å². The maximum absolute atomic E-state index is 14.7. The number of hydrogen-bond donors (Lipinski definition) is 3. The summed E-state index contributed by atoms with van der Waals surface area (Å²) in [7, 11) is 0. The van der Waals surface area contributed by atoms with Crippen molar-refractivity contribution in [2.75, 3.05) is 49.2 Å². The average Bonchev–Trinajstić information content (AvgIpc) is 3.16. The number of aromatic hydroxyl groups is 2. The predicted molar refractivity (Wildman–Crippen MR) is 114 cm³/mol. The van der Waals surface area contributed by atoms with Crippen LogP contribution in [0.15, 0.2) is 36.4 Å². The van der Waals surface area contributed by atoms with Crippen LogP contribution < -0.4 is 15.1 Å². The van der Waals surface area contributed by atoms with Crippen molar-refractivity contribution in [3.05, 3.63) is 47.8 Å². The summed E-state index contributed by atoms with van der Waals surface area (Å²) < 4.78 is 25.3. The molecule has 0 aromatic heterocycles. The van der Waals surface area contributed by atoms with Crippen LogP contribution in [0.5, 0.6) is 11.5 Å². The maximum atomic E-state index is 14.7. The van der Waals surface area contributed by atoms with E-state index in [2.05, 4.69) is 5.32 Å². The molecular weight excluding hydrogens is 421 g/mol. The second-order valence-corrected chi connectivity index (χ2v) is 7.62. The van der Waals surface area contributed by atoms with Crippen molar-refractivity contribution in [1.82, 2.24) is 5.32 Å². The number of anilines is 2. The number of cyclic esters (lactones) is 1. The summed E-state index contributed by atoms with van der Waals surface area (Å²) in [5.74, 6) is -1.48. The van der Waals surface area contributed by atoms with Gasteiger partial charge in [-0.25, -0.2) is 9.18 Å². The zero-order valence-corrected chi connectivity index (χ0v) is 17.3. The minimum Gasteiger partial charge on any atom is -0.504 e. The van der Waals surface area contributed by atoms with Crippen LogP contribution in [0.2, 0.25) is 0 Å². The van der Waals surface area contributed by atoms with Gasteiger partial charge in [-0.05, 0) is 24.3 Å². The first kappa shape index (κ1) is 21.7. The molecule has 9 nitrogen and oxygen atoms in total. The Kier molecular flexibility index (Phi) is 6.31. The molecule has 0 radical (unpaired) electrons. The minimum absolute atomic E-state index is 0.0645. The minimum atomic E-state index is -0.617. The standard InChI is InChI=1S/C22H24FN3O6/c23-17-11-15(4-5-18(17)25-6-8-31-9-7-25)26-13-16(32-22(26)30)12-24-20(28)10-14-2-1-3-19(27)21(14)29/h1-5,11,16,27,29H,6-10,12-13H2,(H,24,28). The van der Waals surface area contributed by atoms with Gasteiger partial charge >= 0.3 is 6.09 Å². The van der Waals surface area contributed by atoms with Gasteiger partial charge < -0.3 is 29.9 Å². The first-order chi connectivity index (χ1) is 15.4. The molecule has 2 aliphatic heterocycles. The lowest BCUT2D eigenvalue weighted by molar-refractivity contribution is -0.120. The van der Waals surface area contributed by atoms with Crippen molar-refractivity contribution in [2.24, 2.45) is 0 Å². The highest BCUT2D eigenvalue weighted by Crippen LogP contribution is 2.29. The van der Waals surface area contributed by atoms with Crippen molar-refractivity contribution in [1.29, 1.82) is 0 Å². The molecule has 2 fully saturated rings. The van der Waals surface area contributed by atoms with Gasteiger partial charge in [-0.1, -0.05) is 12.1 Å². The van der Waals surface area contributed by atoms with Crippen molar-refractivity contribution in [2.45, 2.75) is 12.5 Å². The van der Waals surface area contributed by atoms with Crippen LogP contribution in [0.3, 0.4) is 0 Å². The first-order valence-corrected chi connectivity index (χ1v) is 10.3. The molecule has 4 rings (SSSR count). The molecule has 2 aliphatic rings. The molecule has 0 bridgehead atoms. The normalized spacial score (nSPS) is 18.5. The highest BCUT2D eigenvalue weighted by molar-refractivity contribution is 5.90. The number of phenols is 2. The van der Waals surface area contributed by atoms with E-state index in [1.165, 1.54) is 29.2 Å². The predicted octanol–water partition coefficient (Wildman–Crippen LogP) is 1.76. The van der Waals surface area contributed by atoms with Crippen molar-refractivity contribution >= 4 is 23.4 Å². The quantitative estimate of drug-likeness (QED) is 0.581. The van der Waals surface area contributed by atoms with Gasteiger partial charge in [0.05, 0.1) is 44.1 Å². The SMILES string of the molecule is O=C(Cc1cccc(O)c1O)NCC1CN(c2ccc(N3CCOCC3)c(F)c2)C(=O)O1. The molecule has 3 N–H and O–H groups in total. The number of hydrogen-bond acceptors (Lipinski definition) is 7. The summed E-state index contributed by atoms with van der Waals surface area (Å²) in [6, 6.07) is 8.98. The van der Waals surface area contributed by atoms with Crippen LogP contribution in [0.4, 0.5) is 20.6 Å². The number of phenolic OH excluding ortho intramolecular Hbond substituents is 2. The lowest BCUT2D eigenvalue weighted by atomic mass is 10.1. The number of benzene rings is 2. The van der Waals surface area contributed by atoms with E-state index in [0.717, 1.165) is 0 Å². The van der Waals surface area contributed by atoms with Crippen LogP contribution in [0, 0.1) is 5.82 Å². The molecule has 1 unspecified atom stereocenters. The number of carbonyl (C=O) groups excluding carboxylic acids is 2. The number of nitrogens with one attached hydrogen (secondary N) is 1. The number of nitrogens with zero attached hydrogens (tertiary/aromatic N) is 2. The Morgan fingerprint density at radius 2 is 1.97 bits per heavy atom. The van der Waals surface area contributed by atoms with Gasteiger partial charge in [0.15, 0.2) is 11.5 Å². The number of morpholine rings is 1. The smallest absolute Gasteiger partial charge is 0.414 e. The molecule has 1 atom stereocenters. The largest absolute Gasteiger partial charge is 0.504 e. The molecule has 0 spiro atoms. The summed E-state index contributed by atoms with van der Waals surface area (Å²) in [6.45, 7) is 2.51. The second kappa shape index (κ2) is 9.31. The Morgan fingerprint density at radius 1 is 1.19 bits per heavy atom. The molecule has 170 valence electrons. The summed E-state index contributed by atoms with van der Waals surface area (Å²) in [6.07, 6.45) is -1.36. The van der Waals surface area contributed by atoms with Crippen LogP contribution >= 0.6 is 0 Å². The van der Waals surface area contributed by atoms with E-state index in [1.54, 1.807) is 12.1 Å². The molecule has 2 saturated heterocycles. The number of ether oxygens (including phenoxy) is 2. The molecule has 2 heterocycles. The number of para-hydroxylation sites is 1. The third-order valence-electron chi connectivity index (χ3n) is 5.44. The van der Waals surface area contributed by atoms with E-state index in [-0.39, 0.29) is 36.6 Å². The Morgan fingerprint density at radius 3 is 2.72 bits per heavy atom. The molecular formula is C22H24FN3O6. The molecule has 10 heteroatoms. The molecule has 0 saturated carbocycles. The van der Waals surface area contributed by atoms with Gasteiger partial charge in [0.2, 0.25) is 5.91 Å². The van der Waals surface area contributed by atoms with Crippen molar-refractivity contribution in [3.63, 3.8) is 0 Å². The molecule has 2 aromatic rings. The van der Waals surface area contributed by atoms with Crippen LogP contribution in [-0.4, -0.2) is 67.7 Å². The van der Waals surface area contributed by atoms with E-state index < -0.39 is 23.9 Å². The summed E-state index contributed by atoms with van der Waals surface area (Å²) in [5, 5.41) is 22.0. The highest BCUT2D eigenvalue weighted by Gasteiger charge is 2.33. The van der Waals surface area contributed by atoms with Crippen LogP contribution in [0.1, 0.15) is 5.56 Å². The van der Waals surface area contributed by atoms with Gasteiger partial charge in [0.1, 0.15) is 11.9 Å². The maximum Gasteiger partial charge on any atom is 0.414 e. The van der Waals surface area contributed by atoms with E-state index in [0.29, 0.717) is 37.7 Å². The van der Waals surface area contributed by atoms with Gasteiger partial charge in [0.25, 0.3) is 0 Å². The van der Waals surface area contributed by atoms with Gasteiger partial charge in [-0.2, -0.15) is 0 Å². The Balaban J connectivity index is 1.33. The molecule has 2 amide bonds. The van der Waals surface area contributed by atoms with Crippen LogP contribution in [0.25, 0.3) is 0 Å². The van der Waals surface area contributed by atoms with Crippen molar-refractivity contribution in [3.8, 4) is 11.5 Å². The number of rotatable bonds is 6. The van der Waals surface area contributed by atoms with Gasteiger partial charge in [-0.3, -0.25) is 9.69 Å². The molecule has 2 aromatic carbocycles. The lowest BCUT2D eigenvalue weighted by Crippen LogP contribution is -2.37. The highest BCUT2D eigenvalue weighted by atomic mass is 19.1. The Bertz CT molecular complexity index is 1010. The second-order valence-electron chi connectivity index (χ2n) is 7.62. The topological polar surface area (TPSA) is 112 Å². The van der Waals surface area contributed by atoms with E-state index in [1.807, 2.05) is 4.90 Å². The molecule has 32 heavy (non-hydrogen) atoms. The monoisotopic (exact) mass is 445 g/mol. The third kappa shape index (κ3) is 4.70. The fraction of sp³-hybridized carbons (Fsp3) is 0.364. The fourth-order valence-corrected chi connectivity index (χ4v) is 3.75. The van der Waals surface area contributed by atoms with E-state index >= 15 is 0 Å². The summed E-state index contributed by atoms with van der Waals surface area (Å²) in [4.78, 5) is 27.7. The fourth-order valence-electron chi connectivity index (χ4n) is 3.75. The third-order valence-corrected chi connectivity index (χ3v) is 5.44. The average molecular weight is 445 g/mol. The Labute approximate surface area is 183 Å². The zero-order chi connectivity index (χ0) is 22.7. The number of carbonyl (C=O) groups is 2. The summed E-state index contributed by atoms with van der Waals surface area (Å²) in [5.41, 5.74) is 1.12. The van der Waals surface area contributed by atoms with Gasteiger partial charge in [-0.15, -0.1) is 0 Å².